The van der Waals surface area contributed by atoms with Crippen molar-refractivity contribution in [1.29, 1.82) is 0 Å². The lowest BCUT2D eigenvalue weighted by Crippen LogP contribution is -2.67. The fourth-order valence-corrected chi connectivity index (χ4v) is 8.01. The Hall–Kier alpha value is -0.610. The highest BCUT2D eigenvalue weighted by atomic mass is 35.5. The lowest BCUT2D eigenvalue weighted by molar-refractivity contribution is -0.160. The van der Waals surface area contributed by atoms with Crippen LogP contribution in [0, 0.1) is 28.6 Å². The van der Waals surface area contributed by atoms with Crippen molar-refractivity contribution in [3.05, 3.63) is 36.0 Å². The van der Waals surface area contributed by atoms with E-state index in [4.69, 9.17) is 34.8 Å². The molecule has 2 saturated carbocycles. The predicted molar refractivity (Wildman–Crippen MR) is 112 cm³/mol. The molecule has 6 heteroatoms. The Morgan fingerprint density at radius 2 is 2.00 bits per heavy atom. The number of hydrogen-bond donors (Lipinski definition) is 1. The number of Topliss-reactive ketones (excluding diaryl/α,β-unsaturated/α-hetero) is 1. The van der Waals surface area contributed by atoms with Gasteiger partial charge in [0.15, 0.2) is 11.6 Å². The lowest BCUT2D eigenvalue weighted by Gasteiger charge is -2.62. The first-order valence-electron chi connectivity index (χ1n) is 9.75. The molecule has 152 valence electrons. The number of aliphatic hydroxyl groups is 1. The highest BCUT2D eigenvalue weighted by Gasteiger charge is 2.73. The smallest absolute Gasteiger partial charge is 0.179 e. The number of allylic oxidation sites excluding steroid dienone is 6. The highest BCUT2D eigenvalue weighted by Crippen LogP contribution is 2.71. The van der Waals surface area contributed by atoms with Crippen LogP contribution in [0.4, 0.5) is 0 Å². The summed E-state index contributed by atoms with van der Waals surface area (Å²) in [6.07, 6.45) is 10.1. The molecule has 28 heavy (non-hydrogen) atoms. The fourth-order valence-electron chi connectivity index (χ4n) is 6.64. The minimum Gasteiger partial charge on any atom is -0.381 e. The zero-order chi connectivity index (χ0) is 20.7. The second kappa shape index (κ2) is 6.20. The maximum atomic E-state index is 12.7. The Kier molecular flexibility index (Phi) is 4.57. The Morgan fingerprint density at radius 3 is 2.64 bits per heavy atom. The molecule has 0 unspecified atom stereocenters. The van der Waals surface area contributed by atoms with Crippen LogP contribution in [0.5, 0.6) is 0 Å². The monoisotopic (exact) mass is 442 g/mol. The van der Waals surface area contributed by atoms with Crippen LogP contribution in [0.3, 0.4) is 0 Å². The third-order valence-corrected chi connectivity index (χ3v) is 10.1. The van der Waals surface area contributed by atoms with E-state index in [1.807, 2.05) is 39.0 Å². The van der Waals surface area contributed by atoms with E-state index in [2.05, 4.69) is 0 Å². The Morgan fingerprint density at radius 1 is 1.32 bits per heavy atom. The van der Waals surface area contributed by atoms with E-state index in [1.165, 1.54) is 0 Å². The molecule has 1 N–H and O–H groups in total. The molecule has 3 nitrogen and oxygen atoms in total. The van der Waals surface area contributed by atoms with Gasteiger partial charge < -0.3 is 5.11 Å². The summed E-state index contributed by atoms with van der Waals surface area (Å²) in [5.41, 5.74) is -1.98. The Labute approximate surface area is 180 Å². The van der Waals surface area contributed by atoms with Gasteiger partial charge in [0.1, 0.15) is 5.60 Å². The van der Waals surface area contributed by atoms with Gasteiger partial charge in [-0.25, -0.2) is 0 Å². The zero-order valence-corrected chi connectivity index (χ0v) is 18.5. The second-order valence-electron chi connectivity index (χ2n) is 9.35. The number of halogens is 3. The SMILES string of the molecule is C[C@H]1C[C@H]2[C@@H]3C=CC4=CC(=O)C=C[C@]4(C)[C@@]3(Cl)[C@@H](Cl)C[C@]2(C)[C@@]1(O)C(=O)CCl. The Balaban J connectivity index is 1.88. The summed E-state index contributed by atoms with van der Waals surface area (Å²) in [5, 5.41) is 11.1. The molecule has 8 atom stereocenters. The molecule has 0 saturated heterocycles. The van der Waals surface area contributed by atoms with Gasteiger partial charge in [0.2, 0.25) is 0 Å². The molecule has 0 spiro atoms. The lowest BCUT2D eigenvalue weighted by atomic mass is 9.48. The van der Waals surface area contributed by atoms with E-state index in [1.54, 1.807) is 12.2 Å². The van der Waals surface area contributed by atoms with Crippen LogP contribution in [-0.2, 0) is 9.59 Å². The number of hydrogen-bond acceptors (Lipinski definition) is 3. The molecule has 0 aromatic rings. The van der Waals surface area contributed by atoms with Crippen molar-refractivity contribution >= 4 is 46.4 Å². The fraction of sp³-hybridized carbons (Fsp3) is 0.636. The molecule has 2 fully saturated rings. The van der Waals surface area contributed by atoms with E-state index >= 15 is 0 Å². The van der Waals surface area contributed by atoms with Gasteiger partial charge in [0.25, 0.3) is 0 Å². The number of alkyl halides is 3. The third-order valence-electron chi connectivity index (χ3n) is 8.29. The van der Waals surface area contributed by atoms with Gasteiger partial charge in [-0.2, -0.15) is 0 Å². The second-order valence-corrected chi connectivity index (χ2v) is 10.8. The van der Waals surface area contributed by atoms with Crippen molar-refractivity contribution in [1.82, 2.24) is 0 Å². The molecule has 0 amide bonds. The minimum absolute atomic E-state index is 0.0205. The average molecular weight is 444 g/mol. The molecule has 4 aliphatic carbocycles. The molecule has 4 aliphatic rings. The maximum Gasteiger partial charge on any atom is 0.179 e. The first kappa shape index (κ1) is 20.7. The first-order chi connectivity index (χ1) is 13.0. The van der Waals surface area contributed by atoms with Crippen LogP contribution in [0.15, 0.2) is 36.0 Å². The van der Waals surface area contributed by atoms with Crippen molar-refractivity contribution in [2.45, 2.75) is 49.5 Å². The van der Waals surface area contributed by atoms with Crippen LogP contribution in [0.2, 0.25) is 0 Å². The molecular weight excluding hydrogens is 419 g/mol. The molecule has 0 bridgehead atoms. The van der Waals surface area contributed by atoms with Gasteiger partial charge in [-0.15, -0.1) is 34.8 Å². The summed E-state index contributed by atoms with van der Waals surface area (Å²) >= 11 is 20.3. The molecule has 0 aromatic carbocycles. The first-order valence-corrected chi connectivity index (χ1v) is 11.1. The van der Waals surface area contributed by atoms with Crippen molar-refractivity contribution in [2.75, 3.05) is 5.88 Å². The molecule has 0 radical (unpaired) electrons. The predicted octanol–water partition coefficient (Wildman–Crippen LogP) is 4.43. The maximum absolute atomic E-state index is 12.7. The standard InChI is InChI=1S/C22H25Cl3O3/c1-12-8-16-15-5-4-13-9-14(26)6-7-19(13,2)21(15,25)17(24)10-20(16,3)22(12,28)18(27)11-23/h4-7,9,12,15-17,28H,8,10-11H2,1-3H3/t12-,15-,16-,17-,19-,20-,21-,22-/m0/s1. The van der Waals surface area contributed by atoms with Gasteiger partial charge in [-0.3, -0.25) is 9.59 Å². The van der Waals surface area contributed by atoms with E-state index in [0.717, 1.165) is 5.57 Å². The normalized spacial score (nSPS) is 52.0. The van der Waals surface area contributed by atoms with Gasteiger partial charge in [-0.05, 0) is 42.4 Å². The Bertz CT molecular complexity index is 848. The minimum atomic E-state index is -1.52. The summed E-state index contributed by atoms with van der Waals surface area (Å²) in [5.74, 6) is -1.02. The molecule has 4 rings (SSSR count). The number of carbonyl (C=O) groups excluding carboxylic acids is 2. The largest absolute Gasteiger partial charge is 0.381 e. The topological polar surface area (TPSA) is 54.4 Å². The van der Waals surface area contributed by atoms with Crippen LogP contribution in [0.25, 0.3) is 0 Å². The molecule has 0 heterocycles. The highest BCUT2D eigenvalue weighted by molar-refractivity contribution is 6.34. The van der Waals surface area contributed by atoms with Gasteiger partial charge in [-0.1, -0.05) is 39.0 Å². The van der Waals surface area contributed by atoms with Crippen molar-refractivity contribution in [3.63, 3.8) is 0 Å². The van der Waals surface area contributed by atoms with E-state index in [9.17, 15) is 14.7 Å². The summed E-state index contributed by atoms with van der Waals surface area (Å²) in [7, 11) is 0. The number of rotatable bonds is 2. The number of fused-ring (bicyclic) bond motifs is 5. The molecular formula is C22H25Cl3O3. The van der Waals surface area contributed by atoms with E-state index < -0.39 is 26.7 Å². The molecule has 0 aromatic heterocycles. The van der Waals surface area contributed by atoms with E-state index in [-0.39, 0.29) is 35.2 Å². The quantitative estimate of drug-likeness (QED) is 0.642. The number of ketones is 2. The average Bonchev–Trinajstić information content (AvgIpc) is 2.84. The summed E-state index contributed by atoms with van der Waals surface area (Å²) in [4.78, 5) is 23.8. The van der Waals surface area contributed by atoms with Crippen molar-refractivity contribution in [2.24, 2.45) is 28.6 Å². The summed E-state index contributed by atoms with van der Waals surface area (Å²) < 4.78 is 0. The van der Waals surface area contributed by atoms with Gasteiger partial charge in [0.05, 0.1) is 16.1 Å². The summed E-state index contributed by atoms with van der Waals surface area (Å²) in [6.45, 7) is 5.89. The van der Waals surface area contributed by atoms with Crippen molar-refractivity contribution in [3.8, 4) is 0 Å². The third kappa shape index (κ3) is 2.17. The number of carbonyl (C=O) groups is 2. The van der Waals surface area contributed by atoms with Crippen LogP contribution >= 0.6 is 34.8 Å². The zero-order valence-electron chi connectivity index (χ0n) is 16.2. The van der Waals surface area contributed by atoms with Gasteiger partial charge in [0, 0.05) is 16.7 Å². The van der Waals surface area contributed by atoms with E-state index in [0.29, 0.717) is 12.8 Å². The van der Waals surface area contributed by atoms with Crippen LogP contribution in [0.1, 0.15) is 33.6 Å². The molecule has 0 aliphatic heterocycles. The van der Waals surface area contributed by atoms with Gasteiger partial charge >= 0.3 is 0 Å². The summed E-state index contributed by atoms with van der Waals surface area (Å²) in [6, 6.07) is 0. The van der Waals surface area contributed by atoms with Crippen LogP contribution in [-0.4, -0.2) is 38.4 Å². The van der Waals surface area contributed by atoms with Crippen LogP contribution < -0.4 is 0 Å². The van der Waals surface area contributed by atoms with Crippen molar-refractivity contribution < 1.29 is 14.7 Å².